The van der Waals surface area contributed by atoms with E-state index in [0.717, 1.165) is 11.3 Å². The third kappa shape index (κ3) is 5.05. The zero-order valence-electron chi connectivity index (χ0n) is 19.6. The van der Waals surface area contributed by atoms with Gasteiger partial charge in [-0.1, -0.05) is 17.9 Å². The average molecular weight is 485 g/mol. The summed E-state index contributed by atoms with van der Waals surface area (Å²) < 4.78 is 10.9. The van der Waals surface area contributed by atoms with Crippen LogP contribution in [0.3, 0.4) is 0 Å². The van der Waals surface area contributed by atoms with Crippen molar-refractivity contribution >= 4 is 17.5 Å². The standard InChI is InChI=1S/C27H24N4O5/c1-31-23-14-18(7-9-27(34)16-35-17-27)5-6-24(23)36-15-22(26(31)33)30-25(32)21-13-19(8-11-29-21)12-20-4-2-3-10-28-20/h2-6,8,10-11,13-14,22,34H,12,15-17H2,1H3,(H,30,32)/t22-/m0/s1. The van der Waals surface area contributed by atoms with Gasteiger partial charge in [-0.2, -0.15) is 0 Å². The number of amides is 2. The molecule has 5 rings (SSSR count). The lowest BCUT2D eigenvalue weighted by Gasteiger charge is -2.30. The van der Waals surface area contributed by atoms with Crippen LogP contribution in [0.1, 0.15) is 27.3 Å². The molecule has 0 saturated carbocycles. The largest absolute Gasteiger partial charge is 0.489 e. The predicted molar refractivity (Wildman–Crippen MR) is 131 cm³/mol. The highest BCUT2D eigenvalue weighted by molar-refractivity contribution is 6.03. The smallest absolute Gasteiger partial charge is 0.270 e. The third-order valence-corrected chi connectivity index (χ3v) is 5.95. The van der Waals surface area contributed by atoms with Crippen LogP contribution in [-0.4, -0.2) is 65.4 Å². The Morgan fingerprint density at radius 1 is 1.19 bits per heavy atom. The molecule has 2 aromatic heterocycles. The average Bonchev–Trinajstić information content (AvgIpc) is 2.99. The Morgan fingerprint density at radius 2 is 2.06 bits per heavy atom. The van der Waals surface area contributed by atoms with Crippen LogP contribution >= 0.6 is 0 Å². The molecular formula is C27H24N4O5. The maximum absolute atomic E-state index is 13.2. The first-order valence-electron chi connectivity index (χ1n) is 11.4. The van der Waals surface area contributed by atoms with Crippen molar-refractivity contribution in [2.24, 2.45) is 0 Å². The fourth-order valence-electron chi connectivity index (χ4n) is 3.89. The second-order valence-corrected chi connectivity index (χ2v) is 8.74. The molecule has 0 spiro atoms. The number of carbonyl (C=O) groups excluding carboxylic acids is 2. The van der Waals surface area contributed by atoms with Crippen LogP contribution in [0.2, 0.25) is 0 Å². The Hall–Kier alpha value is -4.26. The number of nitrogens with one attached hydrogen (secondary N) is 1. The van der Waals surface area contributed by atoms with E-state index in [1.165, 1.54) is 4.90 Å². The van der Waals surface area contributed by atoms with E-state index in [1.54, 1.807) is 43.7 Å². The minimum absolute atomic E-state index is 0.0301. The number of carbonyl (C=O) groups is 2. The SMILES string of the molecule is CN1C(=O)[C@@H](NC(=O)c2cc(Cc3ccccn3)ccn2)COc2ccc(C#CC3(O)COC3)cc21. The molecule has 1 saturated heterocycles. The molecule has 4 heterocycles. The molecule has 2 amide bonds. The molecule has 9 nitrogen and oxygen atoms in total. The van der Waals surface area contributed by atoms with Crippen molar-refractivity contribution < 1.29 is 24.2 Å². The molecule has 0 aliphatic carbocycles. The maximum atomic E-state index is 13.2. The van der Waals surface area contributed by atoms with Crippen molar-refractivity contribution in [3.8, 4) is 17.6 Å². The summed E-state index contributed by atoms with van der Waals surface area (Å²) in [5.74, 6) is 5.42. The fourth-order valence-corrected chi connectivity index (χ4v) is 3.89. The van der Waals surface area contributed by atoms with E-state index in [2.05, 4.69) is 27.1 Å². The van der Waals surface area contributed by atoms with Crippen LogP contribution in [0.5, 0.6) is 5.75 Å². The number of hydrogen-bond donors (Lipinski definition) is 2. The van der Waals surface area contributed by atoms with Crippen molar-refractivity contribution in [1.29, 1.82) is 0 Å². The number of hydrogen-bond acceptors (Lipinski definition) is 7. The molecule has 2 aliphatic rings. The second-order valence-electron chi connectivity index (χ2n) is 8.74. The van der Waals surface area contributed by atoms with Gasteiger partial charge in [0, 0.05) is 37.1 Å². The van der Waals surface area contributed by atoms with Crippen molar-refractivity contribution in [1.82, 2.24) is 15.3 Å². The lowest BCUT2D eigenvalue weighted by atomic mass is 10.0. The topological polar surface area (TPSA) is 114 Å². The number of ether oxygens (including phenoxy) is 2. The first-order chi connectivity index (χ1) is 17.4. The number of aromatic nitrogens is 2. The van der Waals surface area contributed by atoms with Crippen molar-refractivity contribution in [3.63, 3.8) is 0 Å². The van der Waals surface area contributed by atoms with Crippen LogP contribution < -0.4 is 15.0 Å². The van der Waals surface area contributed by atoms with Gasteiger partial charge in [0.2, 0.25) is 0 Å². The van der Waals surface area contributed by atoms with Gasteiger partial charge in [-0.3, -0.25) is 19.6 Å². The van der Waals surface area contributed by atoms with E-state index >= 15 is 0 Å². The molecule has 3 aromatic rings. The molecule has 1 fully saturated rings. The number of nitrogens with zero attached hydrogens (tertiary/aromatic N) is 3. The van der Waals surface area contributed by atoms with Crippen molar-refractivity contribution in [3.05, 3.63) is 83.4 Å². The summed E-state index contributed by atoms with van der Waals surface area (Å²) in [6.45, 7) is 0.321. The minimum atomic E-state index is -1.14. The first-order valence-corrected chi connectivity index (χ1v) is 11.4. The fraction of sp³-hybridized carbons (Fsp3) is 0.259. The van der Waals surface area contributed by atoms with Gasteiger partial charge in [-0.05, 0) is 48.0 Å². The summed E-state index contributed by atoms with van der Waals surface area (Å²) in [7, 11) is 1.62. The quantitative estimate of drug-likeness (QED) is 0.537. The Bertz CT molecular complexity index is 1360. The van der Waals surface area contributed by atoms with Gasteiger partial charge >= 0.3 is 0 Å². The van der Waals surface area contributed by atoms with E-state index < -0.39 is 17.6 Å². The summed E-state index contributed by atoms with van der Waals surface area (Å²) in [5, 5.41) is 12.9. The zero-order chi connectivity index (χ0) is 25.1. The van der Waals surface area contributed by atoms with Crippen LogP contribution in [0.15, 0.2) is 60.9 Å². The summed E-state index contributed by atoms with van der Waals surface area (Å²) in [6.07, 6.45) is 3.84. The molecular weight excluding hydrogens is 460 g/mol. The van der Waals surface area contributed by atoms with Gasteiger partial charge in [0.25, 0.3) is 11.8 Å². The van der Waals surface area contributed by atoms with Gasteiger partial charge in [0.05, 0.1) is 18.9 Å². The Kier molecular flexibility index (Phi) is 6.38. The van der Waals surface area contributed by atoms with Crippen LogP contribution in [0.4, 0.5) is 5.69 Å². The van der Waals surface area contributed by atoms with E-state index in [4.69, 9.17) is 9.47 Å². The van der Waals surface area contributed by atoms with Gasteiger partial charge in [-0.15, -0.1) is 0 Å². The highest BCUT2D eigenvalue weighted by Gasteiger charge is 2.34. The number of likely N-dealkylation sites (N-methyl/N-ethyl adjacent to an activating group) is 1. The summed E-state index contributed by atoms with van der Waals surface area (Å²) in [5.41, 5.74) is 1.97. The monoisotopic (exact) mass is 484 g/mol. The maximum Gasteiger partial charge on any atom is 0.270 e. The molecule has 182 valence electrons. The second kappa shape index (κ2) is 9.77. The Morgan fingerprint density at radius 3 is 2.81 bits per heavy atom. The molecule has 1 atom stereocenters. The predicted octanol–water partition coefficient (Wildman–Crippen LogP) is 1.33. The minimum Gasteiger partial charge on any atom is -0.489 e. The normalized spacial score (nSPS) is 18.0. The van der Waals surface area contributed by atoms with E-state index in [9.17, 15) is 14.7 Å². The lowest BCUT2D eigenvalue weighted by Crippen LogP contribution is -2.49. The van der Waals surface area contributed by atoms with E-state index in [0.29, 0.717) is 23.4 Å². The van der Waals surface area contributed by atoms with Gasteiger partial charge in [0.1, 0.15) is 24.1 Å². The molecule has 2 aliphatic heterocycles. The number of aliphatic hydroxyl groups is 1. The molecule has 2 N–H and O–H groups in total. The van der Waals surface area contributed by atoms with Crippen LogP contribution in [0, 0.1) is 11.8 Å². The molecule has 0 bridgehead atoms. The molecule has 36 heavy (non-hydrogen) atoms. The van der Waals surface area contributed by atoms with Crippen LogP contribution in [0.25, 0.3) is 0 Å². The number of rotatable bonds is 4. The Balaban J connectivity index is 1.29. The zero-order valence-corrected chi connectivity index (χ0v) is 19.6. The third-order valence-electron chi connectivity index (χ3n) is 5.95. The Labute approximate surface area is 208 Å². The van der Waals surface area contributed by atoms with Gasteiger partial charge in [0.15, 0.2) is 5.60 Å². The molecule has 0 radical (unpaired) electrons. The van der Waals surface area contributed by atoms with Crippen molar-refractivity contribution in [2.75, 3.05) is 31.8 Å². The van der Waals surface area contributed by atoms with E-state index in [1.807, 2.05) is 24.3 Å². The highest BCUT2D eigenvalue weighted by atomic mass is 16.5. The summed E-state index contributed by atoms with van der Waals surface area (Å²) in [4.78, 5) is 36.1. The number of benzene rings is 1. The first kappa shape index (κ1) is 23.5. The lowest BCUT2D eigenvalue weighted by molar-refractivity contribution is -0.140. The van der Waals surface area contributed by atoms with Crippen molar-refractivity contribution in [2.45, 2.75) is 18.1 Å². The number of fused-ring (bicyclic) bond motifs is 1. The van der Waals surface area contributed by atoms with Gasteiger partial charge in [-0.25, -0.2) is 0 Å². The number of anilines is 1. The van der Waals surface area contributed by atoms with E-state index in [-0.39, 0.29) is 31.4 Å². The summed E-state index contributed by atoms with van der Waals surface area (Å²) >= 11 is 0. The highest BCUT2D eigenvalue weighted by Crippen LogP contribution is 2.31. The number of pyridine rings is 2. The molecule has 0 unspecified atom stereocenters. The van der Waals surface area contributed by atoms with Crippen LogP contribution in [-0.2, 0) is 16.0 Å². The molecule has 9 heteroatoms. The summed E-state index contributed by atoms with van der Waals surface area (Å²) in [6, 6.07) is 13.5. The molecule has 1 aromatic carbocycles. The van der Waals surface area contributed by atoms with Gasteiger partial charge < -0.3 is 24.8 Å².